The summed E-state index contributed by atoms with van der Waals surface area (Å²) in [6.45, 7) is 14.0. The highest BCUT2D eigenvalue weighted by molar-refractivity contribution is 7.99. The molecule has 0 unspecified atom stereocenters. The molecule has 0 atom stereocenters. The van der Waals surface area contributed by atoms with Crippen LogP contribution in [0.5, 0.6) is 0 Å². The van der Waals surface area contributed by atoms with Crippen LogP contribution in [0.3, 0.4) is 0 Å². The maximum Gasteiger partial charge on any atom is 0.0595 e. The summed E-state index contributed by atoms with van der Waals surface area (Å²) in [5.74, 6) is 1.09. The summed E-state index contributed by atoms with van der Waals surface area (Å²) in [4.78, 5) is 0. The number of nitrogens with one attached hydrogen (secondary N) is 2. The van der Waals surface area contributed by atoms with Crippen LogP contribution in [0.4, 0.5) is 0 Å². The number of hydrogen-bond donors (Lipinski definition) is 2. The summed E-state index contributed by atoms with van der Waals surface area (Å²) in [6.07, 6.45) is 2.48. The molecule has 0 aromatic rings. The van der Waals surface area contributed by atoms with Crippen molar-refractivity contribution in [2.45, 2.75) is 45.2 Å². The fourth-order valence-corrected chi connectivity index (χ4v) is 2.62. The summed E-state index contributed by atoms with van der Waals surface area (Å²) in [5, 5.41) is 7.73. The Morgan fingerprint density at radius 1 is 1.07 bits per heavy atom. The maximum absolute atomic E-state index is 3.54. The topological polar surface area (TPSA) is 24.1 Å². The zero-order valence-electron chi connectivity index (χ0n) is 11.0. The molecule has 0 saturated carbocycles. The van der Waals surface area contributed by atoms with Crippen LogP contribution in [0, 0.1) is 0 Å². The lowest BCUT2D eigenvalue weighted by Gasteiger charge is -2.16. The van der Waals surface area contributed by atoms with E-state index in [0.717, 1.165) is 24.2 Å². The highest BCUT2D eigenvalue weighted by atomic mass is 32.2. The van der Waals surface area contributed by atoms with Crippen LogP contribution in [0.1, 0.15) is 20.3 Å². The van der Waals surface area contributed by atoms with Crippen LogP contribution >= 0.6 is 11.8 Å². The zero-order valence-corrected chi connectivity index (χ0v) is 12.8. The van der Waals surface area contributed by atoms with Crippen LogP contribution in [-0.2, 0) is 0 Å². The molecule has 0 saturated heterocycles. The van der Waals surface area contributed by atoms with Gasteiger partial charge in [-0.1, -0.05) is 33.5 Å². The molecule has 0 aliphatic carbocycles. The van der Waals surface area contributed by atoms with Crippen molar-refractivity contribution in [1.82, 2.24) is 10.6 Å². The van der Waals surface area contributed by atoms with Gasteiger partial charge < -0.3 is 10.6 Å². The van der Waals surface area contributed by atoms with E-state index in [9.17, 15) is 0 Å². The lowest BCUT2D eigenvalue weighted by molar-refractivity contribution is 0.656. The molecule has 0 heterocycles. The summed E-state index contributed by atoms with van der Waals surface area (Å²) < 4.78 is 0. The van der Waals surface area contributed by atoms with Crippen LogP contribution in [-0.4, -0.2) is 38.5 Å². The molecule has 0 spiro atoms. The Bertz CT molecular complexity index is 146. The summed E-state index contributed by atoms with van der Waals surface area (Å²) in [7, 11) is -0.883. The molecule has 0 bridgehead atoms. The highest BCUT2D eigenvalue weighted by Crippen LogP contribution is 2.05. The molecule has 0 amide bonds. The minimum Gasteiger partial charge on any atom is -0.319 e. The zero-order chi connectivity index (χ0) is 11.7. The van der Waals surface area contributed by atoms with E-state index in [1.54, 1.807) is 0 Å². The van der Waals surface area contributed by atoms with Gasteiger partial charge in [0.15, 0.2) is 0 Å². The molecule has 2 nitrogen and oxygen atoms in total. The number of thioether (sulfide) groups is 1. The Morgan fingerprint density at radius 3 is 2.20 bits per heavy atom. The third-order valence-corrected chi connectivity index (χ3v) is 4.23. The quantitative estimate of drug-likeness (QED) is 0.372. The third kappa shape index (κ3) is 14.5. The Kier molecular flexibility index (Phi) is 8.90. The second-order valence-corrected chi connectivity index (χ2v) is 12.5. The first-order valence-corrected chi connectivity index (χ1v) is 10.7. The molecule has 0 fully saturated rings. The first-order valence-electron chi connectivity index (χ1n) is 5.95. The van der Waals surface area contributed by atoms with Crippen molar-refractivity contribution in [1.29, 1.82) is 0 Å². The van der Waals surface area contributed by atoms with E-state index < -0.39 is 8.07 Å². The first kappa shape index (κ1) is 15.5. The first-order chi connectivity index (χ1) is 6.92. The molecule has 0 aliphatic heterocycles. The molecule has 92 valence electrons. The average Bonchev–Trinajstić information content (AvgIpc) is 2.07. The van der Waals surface area contributed by atoms with Gasteiger partial charge in [0.1, 0.15) is 0 Å². The van der Waals surface area contributed by atoms with Crippen molar-refractivity contribution in [2.24, 2.45) is 0 Å². The Hall–Kier alpha value is 0.487. The van der Waals surface area contributed by atoms with E-state index in [1.165, 1.54) is 12.6 Å². The predicted octanol–water partition coefficient (Wildman–Crippen LogP) is 2.53. The van der Waals surface area contributed by atoms with Crippen LogP contribution < -0.4 is 10.6 Å². The standard InChI is InChI=1S/C11H28N2SSi/c1-11(2)14-9-12-7-6-8-13-10-15(3,4)5/h11-13H,6-10H2,1-5H3. The van der Waals surface area contributed by atoms with Crippen LogP contribution in [0.15, 0.2) is 0 Å². The van der Waals surface area contributed by atoms with E-state index in [4.69, 9.17) is 0 Å². The molecule has 4 heteroatoms. The average molecular weight is 249 g/mol. The van der Waals surface area contributed by atoms with Gasteiger partial charge in [0.25, 0.3) is 0 Å². The smallest absolute Gasteiger partial charge is 0.0595 e. The summed E-state index contributed by atoms with van der Waals surface area (Å²) >= 11 is 1.97. The molecule has 15 heavy (non-hydrogen) atoms. The summed E-state index contributed by atoms with van der Waals surface area (Å²) in [5.41, 5.74) is 0. The minimum absolute atomic E-state index is 0.738. The van der Waals surface area contributed by atoms with E-state index in [1.807, 2.05) is 11.8 Å². The third-order valence-electron chi connectivity index (χ3n) is 1.88. The molecule has 0 rings (SSSR count). The maximum atomic E-state index is 3.54. The van der Waals surface area contributed by atoms with Crippen molar-refractivity contribution >= 4 is 19.8 Å². The van der Waals surface area contributed by atoms with Crippen LogP contribution in [0.2, 0.25) is 19.6 Å². The monoisotopic (exact) mass is 248 g/mol. The van der Waals surface area contributed by atoms with Gasteiger partial charge in [0, 0.05) is 11.1 Å². The second kappa shape index (κ2) is 8.62. The van der Waals surface area contributed by atoms with Gasteiger partial charge in [-0.05, 0) is 25.7 Å². The lowest BCUT2D eigenvalue weighted by atomic mass is 10.4. The molecular weight excluding hydrogens is 220 g/mol. The highest BCUT2D eigenvalue weighted by Gasteiger charge is 2.10. The van der Waals surface area contributed by atoms with Gasteiger partial charge in [-0.15, -0.1) is 11.8 Å². The van der Waals surface area contributed by atoms with Crippen molar-refractivity contribution < 1.29 is 0 Å². The Labute approximate surface area is 101 Å². The summed E-state index contributed by atoms with van der Waals surface area (Å²) in [6, 6.07) is 0. The Morgan fingerprint density at radius 2 is 1.67 bits per heavy atom. The Balaban J connectivity index is 3.06. The van der Waals surface area contributed by atoms with E-state index in [-0.39, 0.29) is 0 Å². The predicted molar refractivity (Wildman–Crippen MR) is 76.4 cm³/mol. The van der Waals surface area contributed by atoms with Gasteiger partial charge in [0.2, 0.25) is 0 Å². The molecule has 0 radical (unpaired) electrons. The van der Waals surface area contributed by atoms with Gasteiger partial charge in [-0.3, -0.25) is 0 Å². The van der Waals surface area contributed by atoms with Gasteiger partial charge in [-0.25, -0.2) is 0 Å². The fraction of sp³-hybridized carbons (Fsp3) is 1.00. The second-order valence-electron chi connectivity index (χ2n) is 5.45. The fourth-order valence-electron chi connectivity index (χ4n) is 1.10. The van der Waals surface area contributed by atoms with E-state index in [2.05, 4.69) is 44.1 Å². The van der Waals surface area contributed by atoms with Crippen LogP contribution in [0.25, 0.3) is 0 Å². The van der Waals surface area contributed by atoms with Gasteiger partial charge in [0.05, 0.1) is 8.07 Å². The molecule has 0 aliphatic rings. The van der Waals surface area contributed by atoms with Gasteiger partial charge >= 0.3 is 0 Å². The molecular formula is C11H28N2SSi. The molecule has 0 aromatic heterocycles. The van der Waals surface area contributed by atoms with Gasteiger partial charge in [-0.2, -0.15) is 0 Å². The van der Waals surface area contributed by atoms with Crippen molar-refractivity contribution in [3.63, 3.8) is 0 Å². The van der Waals surface area contributed by atoms with Crippen molar-refractivity contribution in [3.8, 4) is 0 Å². The number of rotatable bonds is 9. The molecule has 0 aromatic carbocycles. The normalized spacial score (nSPS) is 12.4. The van der Waals surface area contributed by atoms with E-state index in [0.29, 0.717) is 0 Å². The SMILES string of the molecule is CC(C)SCNCCCNC[Si](C)(C)C. The van der Waals surface area contributed by atoms with Crippen molar-refractivity contribution in [2.75, 3.05) is 25.1 Å². The number of hydrogen-bond acceptors (Lipinski definition) is 3. The lowest BCUT2D eigenvalue weighted by Crippen LogP contribution is -2.37. The van der Waals surface area contributed by atoms with E-state index >= 15 is 0 Å². The largest absolute Gasteiger partial charge is 0.319 e. The molecule has 2 N–H and O–H groups in total. The minimum atomic E-state index is -0.883. The van der Waals surface area contributed by atoms with Crippen molar-refractivity contribution in [3.05, 3.63) is 0 Å².